The molecule has 2 aliphatic heterocycles. The molecular formula is C26H20N2O6. The molecule has 0 radical (unpaired) electrons. The van der Waals surface area contributed by atoms with Gasteiger partial charge in [-0.3, -0.25) is 29.0 Å². The maximum absolute atomic E-state index is 13.5. The average molecular weight is 456 g/mol. The van der Waals surface area contributed by atoms with Crippen molar-refractivity contribution in [3.05, 3.63) is 60.7 Å². The lowest BCUT2D eigenvalue weighted by molar-refractivity contribution is -0.166. The second-order valence-corrected chi connectivity index (χ2v) is 9.85. The number of fused-ring (bicyclic) bond motifs is 1. The number of carbonyl (C=O) groups is 4. The Kier molecular flexibility index (Phi) is 3.64. The van der Waals surface area contributed by atoms with Gasteiger partial charge in [0.25, 0.3) is 0 Å². The molecule has 2 saturated carbocycles. The zero-order chi connectivity index (χ0) is 23.5. The van der Waals surface area contributed by atoms with Crippen LogP contribution < -0.4 is 9.80 Å². The van der Waals surface area contributed by atoms with E-state index in [0.717, 1.165) is 0 Å². The van der Waals surface area contributed by atoms with Gasteiger partial charge >= 0.3 is 0 Å². The molecule has 170 valence electrons. The zero-order valence-corrected chi connectivity index (χ0v) is 17.8. The Bertz CT molecular complexity index is 1260. The fourth-order valence-corrected chi connectivity index (χ4v) is 7.31. The summed E-state index contributed by atoms with van der Waals surface area (Å²) in [4.78, 5) is 56.1. The molecular weight excluding hydrogens is 436 g/mol. The van der Waals surface area contributed by atoms with Crippen LogP contribution in [-0.4, -0.2) is 33.8 Å². The monoisotopic (exact) mass is 456 g/mol. The number of aromatic hydroxyl groups is 2. The number of phenols is 2. The highest BCUT2D eigenvalue weighted by Crippen LogP contribution is 2.68. The number of allylic oxidation sites excluding steroid dienone is 2. The number of anilines is 2. The van der Waals surface area contributed by atoms with Gasteiger partial charge in [-0.2, -0.15) is 0 Å². The number of imide groups is 2. The Balaban J connectivity index is 1.25. The van der Waals surface area contributed by atoms with E-state index in [4.69, 9.17) is 0 Å². The van der Waals surface area contributed by atoms with Gasteiger partial charge in [0.05, 0.1) is 35.0 Å². The van der Waals surface area contributed by atoms with Gasteiger partial charge in [-0.05, 0) is 72.2 Å². The van der Waals surface area contributed by atoms with Gasteiger partial charge in [0, 0.05) is 0 Å². The zero-order valence-electron chi connectivity index (χ0n) is 17.8. The first kappa shape index (κ1) is 19.5. The van der Waals surface area contributed by atoms with Crippen LogP contribution >= 0.6 is 0 Å². The lowest BCUT2D eigenvalue weighted by atomic mass is 9.40. The fourth-order valence-electron chi connectivity index (χ4n) is 7.31. The van der Waals surface area contributed by atoms with Crippen LogP contribution in [0.3, 0.4) is 0 Å². The quantitative estimate of drug-likeness (QED) is 0.528. The highest BCUT2D eigenvalue weighted by Gasteiger charge is 2.75. The Morgan fingerprint density at radius 1 is 0.500 bits per heavy atom. The van der Waals surface area contributed by atoms with Gasteiger partial charge in [0.2, 0.25) is 23.6 Å². The van der Waals surface area contributed by atoms with Gasteiger partial charge in [0.15, 0.2) is 0 Å². The second kappa shape index (κ2) is 6.34. The fraction of sp³-hybridized carbons (Fsp3) is 0.308. The largest absolute Gasteiger partial charge is 0.508 e. The summed E-state index contributed by atoms with van der Waals surface area (Å²) in [7, 11) is 0. The molecule has 8 atom stereocenters. The van der Waals surface area contributed by atoms with E-state index in [2.05, 4.69) is 0 Å². The van der Waals surface area contributed by atoms with Crippen molar-refractivity contribution in [2.24, 2.45) is 47.3 Å². The molecule has 8 nitrogen and oxygen atoms in total. The Morgan fingerprint density at radius 3 is 1.18 bits per heavy atom. The van der Waals surface area contributed by atoms with Crippen LogP contribution in [0.15, 0.2) is 60.7 Å². The molecule has 6 aliphatic rings. The van der Waals surface area contributed by atoms with E-state index >= 15 is 0 Å². The third-order valence-corrected chi connectivity index (χ3v) is 8.56. The molecule has 4 aliphatic carbocycles. The summed E-state index contributed by atoms with van der Waals surface area (Å²) in [6, 6.07) is 11.9. The van der Waals surface area contributed by atoms with Crippen molar-refractivity contribution >= 4 is 35.0 Å². The average Bonchev–Trinajstić information content (AvgIpc) is 3.19. The molecule has 0 unspecified atom stereocenters. The summed E-state index contributed by atoms with van der Waals surface area (Å²) in [6.45, 7) is 0. The molecule has 2 heterocycles. The number of nitrogens with zero attached hydrogens (tertiary/aromatic N) is 2. The van der Waals surface area contributed by atoms with Gasteiger partial charge in [0.1, 0.15) is 11.5 Å². The molecule has 8 heteroatoms. The van der Waals surface area contributed by atoms with Crippen molar-refractivity contribution < 1.29 is 29.4 Å². The summed E-state index contributed by atoms with van der Waals surface area (Å²) in [5.74, 6) is -4.01. The molecule has 0 spiro atoms. The van der Waals surface area contributed by atoms with E-state index in [0.29, 0.717) is 11.4 Å². The number of phenolic OH excluding ortho intramolecular Hbond substituents is 2. The van der Waals surface area contributed by atoms with Gasteiger partial charge in [-0.15, -0.1) is 0 Å². The van der Waals surface area contributed by atoms with Crippen molar-refractivity contribution in [2.75, 3.05) is 9.80 Å². The van der Waals surface area contributed by atoms with Gasteiger partial charge in [-0.25, -0.2) is 0 Å². The van der Waals surface area contributed by atoms with E-state index in [-0.39, 0.29) is 58.8 Å². The molecule has 8 rings (SSSR count). The number of rotatable bonds is 2. The topological polar surface area (TPSA) is 115 Å². The Hall–Kier alpha value is -3.94. The summed E-state index contributed by atoms with van der Waals surface area (Å²) < 4.78 is 0. The molecule has 0 aromatic heterocycles. The summed E-state index contributed by atoms with van der Waals surface area (Å²) in [5.41, 5.74) is 0.838. The van der Waals surface area contributed by atoms with E-state index in [1.54, 1.807) is 24.3 Å². The molecule has 4 fully saturated rings. The van der Waals surface area contributed by atoms with E-state index < -0.39 is 23.7 Å². The van der Waals surface area contributed by atoms with Crippen LogP contribution in [0.1, 0.15) is 0 Å². The second-order valence-electron chi connectivity index (χ2n) is 9.85. The van der Waals surface area contributed by atoms with Crippen LogP contribution in [0.25, 0.3) is 0 Å². The summed E-state index contributed by atoms with van der Waals surface area (Å²) in [6.07, 6.45) is 3.94. The lowest BCUT2D eigenvalue weighted by Gasteiger charge is -2.60. The summed E-state index contributed by atoms with van der Waals surface area (Å²) in [5, 5.41) is 19.2. The smallest absolute Gasteiger partial charge is 0.238 e. The maximum atomic E-state index is 13.5. The number of hydrogen-bond donors (Lipinski definition) is 2. The predicted molar refractivity (Wildman–Crippen MR) is 118 cm³/mol. The SMILES string of the molecule is O=C1[C@@H]2[C@@H]3C=C[C@@H]([C@@H]2C(=O)N1c1ccc(O)cc1)[C@H]1[C@H]2C(=O)N(c4ccc(O)cc4)C(=O)[C@@H]2[C@H]31. The van der Waals surface area contributed by atoms with Crippen LogP contribution in [0.4, 0.5) is 11.4 Å². The minimum absolute atomic E-state index is 0.0445. The van der Waals surface area contributed by atoms with Crippen LogP contribution in [0.5, 0.6) is 11.5 Å². The highest BCUT2D eigenvalue weighted by atomic mass is 16.3. The van der Waals surface area contributed by atoms with Gasteiger partial charge in [-0.1, -0.05) is 12.2 Å². The third-order valence-electron chi connectivity index (χ3n) is 8.56. The lowest BCUT2D eigenvalue weighted by Crippen LogP contribution is -2.63. The minimum atomic E-state index is -0.552. The highest BCUT2D eigenvalue weighted by molar-refractivity contribution is 6.25. The number of benzene rings is 2. The van der Waals surface area contributed by atoms with Crippen LogP contribution in [0.2, 0.25) is 0 Å². The molecule has 2 saturated heterocycles. The van der Waals surface area contributed by atoms with Crippen molar-refractivity contribution in [2.45, 2.75) is 0 Å². The molecule has 2 aromatic carbocycles. The summed E-state index contributed by atoms with van der Waals surface area (Å²) >= 11 is 0. The molecule has 34 heavy (non-hydrogen) atoms. The number of carbonyl (C=O) groups excluding carboxylic acids is 4. The van der Waals surface area contributed by atoms with Crippen molar-refractivity contribution in [1.82, 2.24) is 0 Å². The standard InChI is InChI=1S/C26H20N2O6/c29-13-5-1-11(2-6-13)27-23(31)19-15-9-10-16(20(19)24(27)32)18-17(15)21-22(18)26(34)28(25(21)33)12-3-7-14(30)8-4-12/h1-10,15-22,29-30H/t15-,16-,17-,18-,19-,20+,21-,22-/m1/s1. The van der Waals surface area contributed by atoms with E-state index in [1.807, 2.05) is 12.2 Å². The minimum Gasteiger partial charge on any atom is -0.508 e. The Morgan fingerprint density at radius 2 is 0.824 bits per heavy atom. The molecule has 4 amide bonds. The molecule has 2 aromatic rings. The van der Waals surface area contributed by atoms with Crippen molar-refractivity contribution in [3.8, 4) is 11.5 Å². The molecule has 2 bridgehead atoms. The van der Waals surface area contributed by atoms with E-state index in [1.165, 1.54) is 34.1 Å². The van der Waals surface area contributed by atoms with Crippen molar-refractivity contribution in [3.63, 3.8) is 0 Å². The maximum Gasteiger partial charge on any atom is 0.238 e. The normalized spacial score (nSPS) is 37.1. The van der Waals surface area contributed by atoms with Crippen molar-refractivity contribution in [1.29, 1.82) is 0 Å². The van der Waals surface area contributed by atoms with E-state index in [9.17, 15) is 29.4 Å². The number of hydrogen-bond acceptors (Lipinski definition) is 6. The number of amides is 4. The first-order chi connectivity index (χ1) is 16.4. The van der Waals surface area contributed by atoms with Crippen LogP contribution in [-0.2, 0) is 19.2 Å². The third kappa shape index (κ3) is 2.18. The predicted octanol–water partition coefficient (Wildman–Crippen LogP) is 2.07. The van der Waals surface area contributed by atoms with Crippen LogP contribution in [0, 0.1) is 47.3 Å². The molecule has 2 N–H and O–H groups in total. The first-order valence-corrected chi connectivity index (χ1v) is 11.4. The van der Waals surface area contributed by atoms with Gasteiger partial charge < -0.3 is 10.2 Å². The Labute approximate surface area is 194 Å². The first-order valence-electron chi connectivity index (χ1n) is 11.4.